The third kappa shape index (κ3) is 4.05. The molecule has 1 aliphatic heterocycles. The van der Waals surface area contributed by atoms with Crippen molar-refractivity contribution in [2.45, 2.75) is 51.7 Å². The molecule has 5 heteroatoms. The number of piperidine rings is 1. The van der Waals surface area contributed by atoms with Gasteiger partial charge in [-0.05, 0) is 38.8 Å². The van der Waals surface area contributed by atoms with E-state index in [-0.39, 0.29) is 0 Å². The molecule has 1 aromatic carbocycles. The van der Waals surface area contributed by atoms with Crippen molar-refractivity contribution in [2.24, 2.45) is 0 Å². The highest BCUT2D eigenvalue weighted by Crippen LogP contribution is 2.25. The van der Waals surface area contributed by atoms with Crippen LogP contribution in [-0.2, 0) is 13.1 Å². The highest BCUT2D eigenvalue weighted by atomic mass is 16.5. The normalized spacial score (nSPS) is 18.3. The summed E-state index contributed by atoms with van der Waals surface area (Å²) in [6.07, 6.45) is 8.83. The van der Waals surface area contributed by atoms with Gasteiger partial charge in [-0.3, -0.25) is 9.58 Å². The van der Waals surface area contributed by atoms with Gasteiger partial charge in [-0.1, -0.05) is 41.4 Å². The van der Waals surface area contributed by atoms with Crippen LogP contribution in [0.3, 0.4) is 0 Å². The molecule has 0 saturated carbocycles. The van der Waals surface area contributed by atoms with Crippen LogP contribution in [0.5, 0.6) is 0 Å². The number of benzene rings is 1. The summed E-state index contributed by atoms with van der Waals surface area (Å²) in [4.78, 5) is 2.55. The largest absolute Gasteiger partial charge is 0.359 e. The van der Waals surface area contributed by atoms with Crippen molar-refractivity contribution in [2.75, 3.05) is 6.54 Å². The van der Waals surface area contributed by atoms with Crippen LogP contribution in [0.25, 0.3) is 11.3 Å². The maximum atomic E-state index is 5.64. The summed E-state index contributed by atoms with van der Waals surface area (Å²) < 4.78 is 7.67. The fourth-order valence-electron chi connectivity index (χ4n) is 3.76. The van der Waals surface area contributed by atoms with Crippen molar-refractivity contribution in [1.29, 1.82) is 0 Å². The maximum Gasteiger partial charge on any atom is 0.151 e. The predicted octanol–water partition coefficient (Wildman–Crippen LogP) is 4.29. The van der Waals surface area contributed by atoms with Gasteiger partial charge in [0.25, 0.3) is 0 Å². The van der Waals surface area contributed by atoms with Crippen LogP contribution in [0.15, 0.2) is 53.3 Å². The lowest BCUT2D eigenvalue weighted by atomic mass is 9.99. The molecule has 3 aromatic rings. The molecule has 0 spiro atoms. The Morgan fingerprint density at radius 3 is 2.88 bits per heavy atom. The Hall–Kier alpha value is -2.40. The van der Waals surface area contributed by atoms with Gasteiger partial charge >= 0.3 is 0 Å². The molecule has 1 aliphatic rings. The first-order valence-electron chi connectivity index (χ1n) is 9.52. The van der Waals surface area contributed by atoms with E-state index in [0.717, 1.165) is 43.1 Å². The molecule has 1 atom stereocenters. The summed E-state index contributed by atoms with van der Waals surface area (Å²) in [6, 6.07) is 13.1. The topological polar surface area (TPSA) is 47.1 Å². The van der Waals surface area contributed by atoms with Crippen molar-refractivity contribution < 1.29 is 4.52 Å². The SMILES string of the molecule is Cc1ccc(-c2cc(CN3CCCC[C@H]3CCn3cccn3)on2)cc1. The van der Waals surface area contributed by atoms with Gasteiger partial charge < -0.3 is 4.52 Å². The monoisotopic (exact) mass is 350 g/mol. The molecule has 136 valence electrons. The van der Waals surface area contributed by atoms with Gasteiger partial charge in [0, 0.05) is 36.6 Å². The zero-order valence-electron chi connectivity index (χ0n) is 15.3. The third-order valence-electron chi connectivity index (χ3n) is 5.26. The molecule has 4 rings (SSSR count). The van der Waals surface area contributed by atoms with Gasteiger partial charge in [0.1, 0.15) is 5.69 Å². The highest BCUT2D eigenvalue weighted by Gasteiger charge is 2.23. The fraction of sp³-hybridized carbons (Fsp3) is 0.429. The summed E-state index contributed by atoms with van der Waals surface area (Å²) in [5.74, 6) is 0.951. The average Bonchev–Trinajstić information content (AvgIpc) is 3.34. The fourth-order valence-corrected chi connectivity index (χ4v) is 3.76. The molecule has 0 bridgehead atoms. The smallest absolute Gasteiger partial charge is 0.151 e. The first-order valence-corrected chi connectivity index (χ1v) is 9.52. The van der Waals surface area contributed by atoms with Gasteiger partial charge in [0.15, 0.2) is 5.76 Å². The second kappa shape index (κ2) is 7.87. The second-order valence-electron chi connectivity index (χ2n) is 7.22. The molecular formula is C21H26N4O. The molecule has 0 unspecified atom stereocenters. The Labute approximate surface area is 154 Å². The summed E-state index contributed by atoms with van der Waals surface area (Å²) in [7, 11) is 0. The molecule has 0 radical (unpaired) electrons. The molecule has 26 heavy (non-hydrogen) atoms. The van der Waals surface area contributed by atoms with Crippen LogP contribution >= 0.6 is 0 Å². The van der Waals surface area contributed by atoms with Gasteiger partial charge in [-0.25, -0.2) is 0 Å². The van der Waals surface area contributed by atoms with Gasteiger partial charge in [0.05, 0.1) is 6.54 Å². The van der Waals surface area contributed by atoms with E-state index in [2.05, 4.69) is 52.4 Å². The predicted molar refractivity (Wildman–Crippen MR) is 102 cm³/mol. The molecule has 2 aromatic heterocycles. The lowest BCUT2D eigenvalue weighted by molar-refractivity contribution is 0.115. The first-order chi connectivity index (χ1) is 12.8. The Kier molecular flexibility index (Phi) is 5.16. The van der Waals surface area contributed by atoms with Crippen LogP contribution < -0.4 is 0 Å². The van der Waals surface area contributed by atoms with Crippen LogP contribution in [0.4, 0.5) is 0 Å². The first kappa shape index (κ1) is 17.0. The van der Waals surface area contributed by atoms with Crippen LogP contribution in [0, 0.1) is 6.92 Å². The lowest BCUT2D eigenvalue weighted by Gasteiger charge is -2.35. The van der Waals surface area contributed by atoms with Gasteiger partial charge in [-0.15, -0.1) is 0 Å². The van der Waals surface area contributed by atoms with Gasteiger partial charge in [0.2, 0.25) is 0 Å². The molecule has 0 N–H and O–H groups in total. The van der Waals surface area contributed by atoms with Crippen molar-refractivity contribution in [3.8, 4) is 11.3 Å². The third-order valence-corrected chi connectivity index (χ3v) is 5.26. The summed E-state index contributed by atoms with van der Waals surface area (Å²) in [5, 5.41) is 8.60. The quantitative estimate of drug-likeness (QED) is 0.665. The van der Waals surface area contributed by atoms with E-state index >= 15 is 0 Å². The zero-order chi connectivity index (χ0) is 17.8. The van der Waals surface area contributed by atoms with Crippen molar-refractivity contribution >= 4 is 0 Å². The maximum absolute atomic E-state index is 5.64. The minimum absolute atomic E-state index is 0.584. The number of aromatic nitrogens is 3. The van der Waals surface area contributed by atoms with Crippen LogP contribution in [0.2, 0.25) is 0 Å². The van der Waals surface area contributed by atoms with E-state index < -0.39 is 0 Å². The van der Waals surface area contributed by atoms with E-state index in [4.69, 9.17) is 4.52 Å². The number of aryl methyl sites for hydroxylation is 2. The van der Waals surface area contributed by atoms with Gasteiger partial charge in [-0.2, -0.15) is 5.10 Å². The molecule has 1 fully saturated rings. The van der Waals surface area contributed by atoms with E-state index in [1.807, 2.05) is 23.1 Å². The van der Waals surface area contributed by atoms with E-state index in [1.165, 1.54) is 24.8 Å². The van der Waals surface area contributed by atoms with Crippen LogP contribution in [0.1, 0.15) is 37.0 Å². The standard InChI is InChI=1S/C21H26N4O/c1-17-6-8-18(9-7-17)21-15-20(26-23-21)16-24-12-3-2-5-19(24)10-14-25-13-4-11-22-25/h4,6-9,11,13,15,19H,2-3,5,10,12,14,16H2,1H3/t19-/m0/s1. The molecule has 0 amide bonds. The zero-order valence-corrected chi connectivity index (χ0v) is 15.3. The Morgan fingerprint density at radius 2 is 2.08 bits per heavy atom. The summed E-state index contributed by atoms with van der Waals surface area (Å²) in [5.41, 5.74) is 3.29. The average molecular weight is 350 g/mol. The minimum atomic E-state index is 0.584. The number of nitrogens with zero attached hydrogens (tertiary/aromatic N) is 4. The second-order valence-corrected chi connectivity index (χ2v) is 7.22. The number of rotatable bonds is 6. The molecule has 3 heterocycles. The molecular weight excluding hydrogens is 324 g/mol. The molecule has 5 nitrogen and oxygen atoms in total. The van der Waals surface area contributed by atoms with Crippen molar-refractivity contribution in [3.05, 3.63) is 60.1 Å². The molecule has 1 saturated heterocycles. The molecule has 0 aliphatic carbocycles. The number of likely N-dealkylation sites (tertiary alicyclic amines) is 1. The Bertz CT molecular complexity index is 807. The lowest BCUT2D eigenvalue weighted by Crippen LogP contribution is -2.39. The number of hydrogen-bond donors (Lipinski definition) is 0. The minimum Gasteiger partial charge on any atom is -0.359 e. The van der Waals surface area contributed by atoms with Crippen molar-refractivity contribution in [1.82, 2.24) is 19.8 Å². The van der Waals surface area contributed by atoms with E-state index in [1.54, 1.807) is 0 Å². The number of hydrogen-bond acceptors (Lipinski definition) is 4. The summed E-state index contributed by atoms with van der Waals surface area (Å²) in [6.45, 7) is 5.03. The van der Waals surface area contributed by atoms with Crippen LogP contribution in [-0.4, -0.2) is 32.4 Å². The van der Waals surface area contributed by atoms with E-state index in [0.29, 0.717) is 6.04 Å². The summed E-state index contributed by atoms with van der Waals surface area (Å²) >= 11 is 0. The van der Waals surface area contributed by atoms with Crippen molar-refractivity contribution in [3.63, 3.8) is 0 Å². The Balaban J connectivity index is 1.40. The van der Waals surface area contributed by atoms with E-state index in [9.17, 15) is 0 Å². The Morgan fingerprint density at radius 1 is 1.19 bits per heavy atom. The highest BCUT2D eigenvalue weighted by molar-refractivity contribution is 5.59.